The molecular weight excluding hydrogens is 344 g/mol. The Kier molecular flexibility index (Phi) is 4.70. The zero-order chi connectivity index (χ0) is 17.8. The molecule has 10 heteroatoms. The van der Waals surface area contributed by atoms with Crippen LogP contribution in [0.25, 0.3) is 10.7 Å². The van der Waals surface area contributed by atoms with E-state index >= 15 is 0 Å². The highest BCUT2D eigenvalue weighted by Crippen LogP contribution is 2.23. The normalized spacial score (nSPS) is 10.4. The minimum Gasteiger partial charge on any atom is -0.377 e. The molecule has 0 saturated carbocycles. The van der Waals surface area contributed by atoms with Gasteiger partial charge in [-0.15, -0.1) is 11.3 Å². The first-order valence-electron chi connectivity index (χ1n) is 7.28. The molecule has 0 bridgehead atoms. The third-order valence-corrected chi connectivity index (χ3v) is 4.27. The second-order valence-corrected chi connectivity index (χ2v) is 5.95. The average Bonchev–Trinajstić information content (AvgIpc) is 3.30. The number of anilines is 1. The zero-order valence-corrected chi connectivity index (χ0v) is 14.0. The fourth-order valence-electron chi connectivity index (χ4n) is 2.19. The Morgan fingerprint density at radius 2 is 2.24 bits per heavy atom. The Hall–Kier alpha value is -3.27. The quantitative estimate of drug-likeness (QED) is 0.459. The number of aromatic nitrogens is 3. The van der Waals surface area contributed by atoms with Gasteiger partial charge in [-0.25, -0.2) is 4.98 Å². The number of carbonyl (C=O) groups is 1. The van der Waals surface area contributed by atoms with Gasteiger partial charge in [0.2, 0.25) is 0 Å². The highest BCUT2D eigenvalue weighted by atomic mass is 32.1. The number of hydrogen-bond acceptors (Lipinski definition) is 7. The van der Waals surface area contributed by atoms with Gasteiger partial charge in [0.1, 0.15) is 5.82 Å². The number of amides is 1. The molecule has 0 atom stereocenters. The van der Waals surface area contributed by atoms with Gasteiger partial charge in [-0.2, -0.15) is 5.10 Å². The molecule has 3 aromatic rings. The van der Waals surface area contributed by atoms with Gasteiger partial charge in [0, 0.05) is 24.9 Å². The van der Waals surface area contributed by atoms with Crippen LogP contribution in [0.1, 0.15) is 16.2 Å². The molecule has 0 fully saturated rings. The number of aromatic amines is 1. The molecule has 3 rings (SSSR count). The summed E-state index contributed by atoms with van der Waals surface area (Å²) in [7, 11) is 1.47. The minimum atomic E-state index is -0.542. The largest absolute Gasteiger partial charge is 0.377 e. The van der Waals surface area contributed by atoms with Gasteiger partial charge >= 0.3 is 0 Å². The van der Waals surface area contributed by atoms with Crippen molar-refractivity contribution >= 4 is 28.6 Å². The Morgan fingerprint density at radius 1 is 1.40 bits per heavy atom. The lowest BCUT2D eigenvalue weighted by atomic mass is 10.1. The predicted molar refractivity (Wildman–Crippen MR) is 93.5 cm³/mol. The number of nitrogens with zero attached hydrogens (tertiary/aromatic N) is 3. The van der Waals surface area contributed by atoms with Crippen LogP contribution in [0, 0.1) is 10.1 Å². The van der Waals surface area contributed by atoms with Crippen LogP contribution in [-0.2, 0) is 6.54 Å². The highest BCUT2D eigenvalue weighted by molar-refractivity contribution is 7.13. The van der Waals surface area contributed by atoms with Crippen molar-refractivity contribution in [1.82, 2.24) is 20.5 Å². The molecule has 0 unspecified atom stereocenters. The van der Waals surface area contributed by atoms with E-state index in [1.807, 2.05) is 17.5 Å². The summed E-state index contributed by atoms with van der Waals surface area (Å²) in [6, 6.07) is 7.91. The zero-order valence-electron chi connectivity index (χ0n) is 13.1. The van der Waals surface area contributed by atoms with Crippen LogP contribution in [0.15, 0.2) is 35.7 Å². The summed E-state index contributed by atoms with van der Waals surface area (Å²) < 4.78 is 0. The number of H-pyrrole nitrogens is 1. The lowest BCUT2D eigenvalue weighted by Gasteiger charge is -2.10. The molecule has 1 aromatic carbocycles. The summed E-state index contributed by atoms with van der Waals surface area (Å²) in [6.07, 6.45) is 0. The third-order valence-electron chi connectivity index (χ3n) is 3.41. The second-order valence-electron chi connectivity index (χ2n) is 5.00. The van der Waals surface area contributed by atoms with Gasteiger partial charge in [-0.3, -0.25) is 20.0 Å². The molecular formula is C15H14N6O3S. The Bertz CT molecular complexity index is 906. The van der Waals surface area contributed by atoms with Gasteiger partial charge < -0.3 is 10.6 Å². The van der Waals surface area contributed by atoms with E-state index in [1.165, 1.54) is 36.6 Å². The van der Waals surface area contributed by atoms with Crippen LogP contribution < -0.4 is 10.6 Å². The number of non-ortho nitro benzene ring substituents is 1. The van der Waals surface area contributed by atoms with Crippen molar-refractivity contribution in [1.29, 1.82) is 0 Å². The molecule has 0 spiro atoms. The topological polar surface area (TPSA) is 126 Å². The number of rotatable bonds is 6. The van der Waals surface area contributed by atoms with Crippen molar-refractivity contribution in [2.45, 2.75) is 6.54 Å². The predicted octanol–water partition coefficient (Wildman–Crippen LogP) is 2.41. The summed E-state index contributed by atoms with van der Waals surface area (Å²) >= 11 is 1.54. The van der Waals surface area contributed by atoms with E-state index in [0.717, 1.165) is 4.88 Å². The SMILES string of the molecule is CNC(=O)c1cc([N+](=O)[O-])ccc1NCc1nc(-c2cccs2)n[nH]1. The number of thiophene rings is 1. The number of nitrogens with one attached hydrogen (secondary N) is 3. The lowest BCUT2D eigenvalue weighted by Crippen LogP contribution is -2.20. The maximum Gasteiger partial charge on any atom is 0.270 e. The summed E-state index contributed by atoms with van der Waals surface area (Å²) in [4.78, 5) is 27.7. The van der Waals surface area contributed by atoms with Crippen LogP contribution >= 0.6 is 11.3 Å². The van der Waals surface area contributed by atoms with Crippen LogP contribution in [0.5, 0.6) is 0 Å². The smallest absolute Gasteiger partial charge is 0.270 e. The Balaban J connectivity index is 1.78. The van der Waals surface area contributed by atoms with E-state index in [4.69, 9.17) is 0 Å². The molecule has 2 heterocycles. The summed E-state index contributed by atoms with van der Waals surface area (Å²) in [6.45, 7) is 0.292. The number of nitro benzene ring substituents is 1. The van der Waals surface area contributed by atoms with E-state index in [9.17, 15) is 14.9 Å². The number of carbonyl (C=O) groups excluding carboxylic acids is 1. The summed E-state index contributed by atoms with van der Waals surface area (Å²) in [5.74, 6) is 0.773. The highest BCUT2D eigenvalue weighted by Gasteiger charge is 2.16. The lowest BCUT2D eigenvalue weighted by molar-refractivity contribution is -0.384. The second kappa shape index (κ2) is 7.09. The maximum atomic E-state index is 12.0. The molecule has 0 saturated heterocycles. The summed E-state index contributed by atoms with van der Waals surface area (Å²) in [5.41, 5.74) is 0.512. The van der Waals surface area contributed by atoms with Crippen molar-refractivity contribution in [2.75, 3.05) is 12.4 Å². The molecule has 25 heavy (non-hydrogen) atoms. The standard InChI is InChI=1S/C15H14N6O3S/c1-16-15(22)10-7-9(21(23)24)4-5-11(10)17-8-13-18-14(20-19-13)12-3-2-6-25-12/h2-7,17H,8H2,1H3,(H,16,22)(H,18,19,20). The van der Waals surface area contributed by atoms with Gasteiger partial charge in [0.25, 0.3) is 11.6 Å². The van der Waals surface area contributed by atoms with Crippen molar-refractivity contribution in [3.8, 4) is 10.7 Å². The first-order chi connectivity index (χ1) is 12.1. The average molecular weight is 358 g/mol. The third kappa shape index (κ3) is 3.63. The maximum absolute atomic E-state index is 12.0. The van der Waals surface area contributed by atoms with Crippen LogP contribution in [-0.4, -0.2) is 33.1 Å². The van der Waals surface area contributed by atoms with Gasteiger partial charge in [-0.1, -0.05) is 6.07 Å². The molecule has 9 nitrogen and oxygen atoms in total. The van der Waals surface area contributed by atoms with Crippen molar-refractivity contribution in [3.63, 3.8) is 0 Å². The molecule has 2 aromatic heterocycles. The molecule has 1 amide bonds. The summed E-state index contributed by atoms with van der Waals surface area (Å²) in [5, 5.41) is 25.3. The molecule has 0 aliphatic rings. The first kappa shape index (κ1) is 16.6. The van der Waals surface area contributed by atoms with Crippen LogP contribution in [0.3, 0.4) is 0 Å². The van der Waals surface area contributed by atoms with Crippen molar-refractivity contribution in [2.24, 2.45) is 0 Å². The molecule has 128 valence electrons. The van der Waals surface area contributed by atoms with Gasteiger partial charge in [-0.05, 0) is 17.5 Å². The number of hydrogen-bond donors (Lipinski definition) is 3. The van der Waals surface area contributed by atoms with E-state index in [0.29, 0.717) is 23.9 Å². The first-order valence-corrected chi connectivity index (χ1v) is 8.16. The Morgan fingerprint density at radius 3 is 2.92 bits per heavy atom. The van der Waals surface area contributed by atoms with Crippen molar-refractivity contribution in [3.05, 3.63) is 57.2 Å². The molecule has 0 aliphatic heterocycles. The van der Waals surface area contributed by atoms with Crippen molar-refractivity contribution < 1.29 is 9.72 Å². The monoisotopic (exact) mass is 358 g/mol. The van der Waals surface area contributed by atoms with Crippen LogP contribution in [0.4, 0.5) is 11.4 Å². The van der Waals surface area contributed by atoms with Gasteiger partial charge in [0.15, 0.2) is 5.82 Å². The van der Waals surface area contributed by atoms with Gasteiger partial charge in [0.05, 0.1) is 21.9 Å². The molecule has 3 N–H and O–H groups in total. The van der Waals surface area contributed by atoms with Crippen LogP contribution in [0.2, 0.25) is 0 Å². The van der Waals surface area contributed by atoms with E-state index < -0.39 is 10.8 Å². The van der Waals surface area contributed by atoms with E-state index in [-0.39, 0.29) is 11.3 Å². The number of benzene rings is 1. The fraction of sp³-hybridized carbons (Fsp3) is 0.133. The van der Waals surface area contributed by atoms with E-state index in [2.05, 4.69) is 25.8 Å². The van der Waals surface area contributed by atoms with E-state index in [1.54, 1.807) is 0 Å². The Labute approximate surface area is 146 Å². The fourth-order valence-corrected chi connectivity index (χ4v) is 2.85. The number of nitro groups is 1. The molecule has 0 aliphatic carbocycles. The minimum absolute atomic E-state index is 0.149. The molecule has 0 radical (unpaired) electrons.